The summed E-state index contributed by atoms with van der Waals surface area (Å²) in [5, 5.41) is 0. The number of aromatic nitrogens is 1. The van der Waals surface area contributed by atoms with Crippen molar-refractivity contribution in [1.29, 1.82) is 0 Å². The highest BCUT2D eigenvalue weighted by Crippen LogP contribution is 2.27. The Morgan fingerprint density at radius 2 is 2.40 bits per heavy atom. The van der Waals surface area contributed by atoms with Crippen molar-refractivity contribution in [2.24, 2.45) is 0 Å². The quantitative estimate of drug-likeness (QED) is 0.564. The molecule has 4 heteroatoms. The van der Waals surface area contributed by atoms with Gasteiger partial charge in [0.15, 0.2) is 12.1 Å². The predicted molar refractivity (Wildman–Crippen MR) is 55.7 cm³/mol. The van der Waals surface area contributed by atoms with Gasteiger partial charge in [0.1, 0.15) is 5.76 Å². The molecule has 0 N–H and O–H groups in total. The fraction of sp³-hybridized carbons (Fsp3) is 0.455. The Balaban J connectivity index is 3.06. The number of nitrogens with zero attached hydrogens (tertiary/aromatic N) is 1. The van der Waals surface area contributed by atoms with Gasteiger partial charge >= 0.3 is 5.97 Å². The first-order chi connectivity index (χ1) is 7.03. The Bertz CT molecular complexity index is 366. The minimum absolute atomic E-state index is 0.224. The van der Waals surface area contributed by atoms with Crippen LogP contribution in [0.3, 0.4) is 0 Å². The van der Waals surface area contributed by atoms with E-state index in [1.807, 2.05) is 13.8 Å². The third kappa shape index (κ3) is 2.26. The topological polar surface area (TPSA) is 52.3 Å². The van der Waals surface area contributed by atoms with Crippen molar-refractivity contribution in [3.63, 3.8) is 0 Å². The summed E-state index contributed by atoms with van der Waals surface area (Å²) in [6, 6.07) is 0. The molecule has 0 aromatic carbocycles. The van der Waals surface area contributed by atoms with Gasteiger partial charge in [-0.1, -0.05) is 6.08 Å². The van der Waals surface area contributed by atoms with Crippen molar-refractivity contribution in [2.45, 2.75) is 26.2 Å². The molecule has 0 radical (unpaired) electrons. The lowest BCUT2D eigenvalue weighted by molar-refractivity contribution is 0.0516. The normalized spacial score (nSPS) is 11.1. The molecular weight excluding hydrogens is 194 g/mol. The molecule has 0 saturated heterocycles. The third-order valence-corrected chi connectivity index (χ3v) is 2.13. The van der Waals surface area contributed by atoms with E-state index in [0.717, 1.165) is 0 Å². The fourth-order valence-electron chi connectivity index (χ4n) is 1.14. The smallest absolute Gasteiger partial charge is 0.360 e. The summed E-state index contributed by atoms with van der Waals surface area (Å²) in [5.74, 6) is 0.0205. The Hall–Kier alpha value is -1.58. The van der Waals surface area contributed by atoms with Crippen molar-refractivity contribution in [2.75, 3.05) is 6.61 Å². The summed E-state index contributed by atoms with van der Waals surface area (Å²) < 4.78 is 10.1. The van der Waals surface area contributed by atoms with Gasteiger partial charge in [-0.05, 0) is 20.8 Å². The van der Waals surface area contributed by atoms with Gasteiger partial charge < -0.3 is 9.15 Å². The van der Waals surface area contributed by atoms with E-state index in [9.17, 15) is 4.79 Å². The molecule has 0 bridgehead atoms. The first-order valence-electron chi connectivity index (χ1n) is 4.77. The molecule has 15 heavy (non-hydrogen) atoms. The van der Waals surface area contributed by atoms with E-state index in [1.54, 1.807) is 13.0 Å². The van der Waals surface area contributed by atoms with Gasteiger partial charge in [-0.25, -0.2) is 9.78 Å². The third-order valence-electron chi connectivity index (χ3n) is 2.13. The van der Waals surface area contributed by atoms with E-state index in [2.05, 4.69) is 11.6 Å². The van der Waals surface area contributed by atoms with Crippen LogP contribution in [0.25, 0.3) is 0 Å². The van der Waals surface area contributed by atoms with Crippen molar-refractivity contribution < 1.29 is 13.9 Å². The number of carbonyl (C=O) groups is 1. The van der Waals surface area contributed by atoms with Gasteiger partial charge in [0.05, 0.1) is 6.61 Å². The number of ether oxygens (including phenoxy) is 1. The zero-order chi connectivity index (χ0) is 11.5. The molecule has 0 atom stereocenters. The van der Waals surface area contributed by atoms with Crippen LogP contribution in [0.2, 0.25) is 0 Å². The minimum atomic E-state index is -0.462. The number of oxazole rings is 1. The fourth-order valence-corrected chi connectivity index (χ4v) is 1.14. The molecule has 1 aromatic rings. The molecular formula is C11H15NO3. The lowest BCUT2D eigenvalue weighted by Crippen LogP contribution is -2.18. The largest absolute Gasteiger partial charge is 0.461 e. The van der Waals surface area contributed by atoms with Gasteiger partial charge in [0.25, 0.3) is 0 Å². The van der Waals surface area contributed by atoms with Crippen LogP contribution in [0.4, 0.5) is 0 Å². The van der Waals surface area contributed by atoms with E-state index in [0.29, 0.717) is 12.4 Å². The molecule has 1 rings (SSSR count). The number of hydrogen-bond donors (Lipinski definition) is 0. The monoisotopic (exact) mass is 209 g/mol. The Morgan fingerprint density at radius 1 is 1.73 bits per heavy atom. The summed E-state index contributed by atoms with van der Waals surface area (Å²) >= 11 is 0. The SMILES string of the molecule is C=CC(C)(C)c1ocnc1C(=O)OCC. The van der Waals surface area contributed by atoms with Gasteiger partial charge in [-0.15, -0.1) is 6.58 Å². The minimum Gasteiger partial charge on any atom is -0.461 e. The highest BCUT2D eigenvalue weighted by Gasteiger charge is 2.29. The zero-order valence-electron chi connectivity index (χ0n) is 9.24. The highest BCUT2D eigenvalue weighted by atomic mass is 16.5. The molecule has 0 aliphatic carbocycles. The van der Waals surface area contributed by atoms with E-state index < -0.39 is 11.4 Å². The number of carbonyl (C=O) groups excluding carboxylic acids is 1. The summed E-state index contributed by atoms with van der Waals surface area (Å²) in [5.41, 5.74) is -0.208. The van der Waals surface area contributed by atoms with E-state index in [4.69, 9.17) is 9.15 Å². The Kier molecular flexibility index (Phi) is 3.29. The molecule has 82 valence electrons. The number of esters is 1. The molecule has 0 unspecified atom stereocenters. The van der Waals surface area contributed by atoms with Crippen molar-refractivity contribution in [1.82, 2.24) is 4.98 Å². The van der Waals surface area contributed by atoms with Gasteiger partial charge in [0, 0.05) is 5.41 Å². The molecule has 1 heterocycles. The van der Waals surface area contributed by atoms with Crippen molar-refractivity contribution in [3.05, 3.63) is 30.5 Å². The summed E-state index contributed by atoms with van der Waals surface area (Å²) in [6.07, 6.45) is 2.95. The van der Waals surface area contributed by atoms with Crippen LogP contribution in [0.5, 0.6) is 0 Å². The van der Waals surface area contributed by atoms with Crippen LogP contribution in [-0.4, -0.2) is 17.6 Å². The molecule has 0 aliphatic heterocycles. The number of rotatable bonds is 4. The van der Waals surface area contributed by atoms with Gasteiger partial charge in [0.2, 0.25) is 0 Å². The number of hydrogen-bond acceptors (Lipinski definition) is 4. The average Bonchev–Trinajstić information content (AvgIpc) is 2.67. The molecule has 1 aromatic heterocycles. The maximum Gasteiger partial charge on any atom is 0.360 e. The van der Waals surface area contributed by atoms with Crippen LogP contribution in [0.15, 0.2) is 23.5 Å². The summed E-state index contributed by atoms with van der Waals surface area (Å²) in [4.78, 5) is 15.4. The predicted octanol–water partition coefficient (Wildman–Crippen LogP) is 2.31. The molecule has 0 fully saturated rings. The molecule has 0 spiro atoms. The maximum atomic E-state index is 11.5. The van der Waals surface area contributed by atoms with Crippen LogP contribution in [0.1, 0.15) is 37.0 Å². The first kappa shape index (κ1) is 11.5. The summed E-state index contributed by atoms with van der Waals surface area (Å²) in [6.45, 7) is 9.54. The Labute approximate surface area is 89.0 Å². The van der Waals surface area contributed by atoms with Gasteiger partial charge in [-0.3, -0.25) is 0 Å². The van der Waals surface area contributed by atoms with E-state index >= 15 is 0 Å². The second-order valence-corrected chi connectivity index (χ2v) is 3.68. The Morgan fingerprint density at radius 3 is 2.93 bits per heavy atom. The van der Waals surface area contributed by atoms with Crippen LogP contribution in [-0.2, 0) is 10.2 Å². The molecule has 0 aliphatic rings. The molecule has 0 amide bonds. The van der Waals surface area contributed by atoms with Crippen molar-refractivity contribution >= 4 is 5.97 Å². The van der Waals surface area contributed by atoms with E-state index in [-0.39, 0.29) is 5.69 Å². The summed E-state index contributed by atoms with van der Waals surface area (Å²) in [7, 11) is 0. The lowest BCUT2D eigenvalue weighted by atomic mass is 9.89. The van der Waals surface area contributed by atoms with Gasteiger partial charge in [-0.2, -0.15) is 0 Å². The average molecular weight is 209 g/mol. The zero-order valence-corrected chi connectivity index (χ0v) is 9.24. The molecule has 4 nitrogen and oxygen atoms in total. The highest BCUT2D eigenvalue weighted by molar-refractivity contribution is 5.88. The maximum absolute atomic E-state index is 11.5. The van der Waals surface area contributed by atoms with E-state index in [1.165, 1.54) is 6.39 Å². The van der Waals surface area contributed by atoms with Crippen LogP contribution >= 0.6 is 0 Å². The standard InChI is InChI=1S/C11H15NO3/c1-5-11(3,4)9-8(12-7-15-9)10(13)14-6-2/h5,7H,1,6H2,2-4H3. The van der Waals surface area contributed by atoms with Crippen LogP contribution in [0, 0.1) is 0 Å². The lowest BCUT2D eigenvalue weighted by Gasteiger charge is -2.16. The second kappa shape index (κ2) is 4.29. The number of allylic oxidation sites excluding steroid dienone is 1. The molecule has 0 saturated carbocycles. The van der Waals surface area contributed by atoms with Crippen molar-refractivity contribution in [3.8, 4) is 0 Å². The second-order valence-electron chi connectivity index (χ2n) is 3.68. The van der Waals surface area contributed by atoms with Crippen LogP contribution < -0.4 is 0 Å². The first-order valence-corrected chi connectivity index (χ1v) is 4.77.